The fourth-order valence-corrected chi connectivity index (χ4v) is 3.82. The van der Waals surface area contributed by atoms with Crippen LogP contribution in [0.25, 0.3) is 11.6 Å². The molecule has 1 amide bonds. The molecule has 0 aromatic heterocycles. The van der Waals surface area contributed by atoms with Crippen molar-refractivity contribution in [2.45, 2.75) is 40.2 Å². The maximum atomic E-state index is 11.9. The van der Waals surface area contributed by atoms with E-state index in [2.05, 4.69) is 68.4 Å². The summed E-state index contributed by atoms with van der Waals surface area (Å²) >= 11 is 4.99. The van der Waals surface area contributed by atoms with Gasteiger partial charge in [-0.15, -0.1) is 0 Å². The first-order valence-electron chi connectivity index (χ1n) is 8.19. The van der Waals surface area contributed by atoms with Crippen LogP contribution in [0.2, 0.25) is 0 Å². The van der Waals surface area contributed by atoms with Crippen molar-refractivity contribution in [2.75, 3.05) is 11.4 Å². The largest absolute Gasteiger partial charge is 0.363 e. The summed E-state index contributed by atoms with van der Waals surface area (Å²) in [4.78, 5) is 14.3. The number of carbonyl (C=O) groups is 1. The van der Waals surface area contributed by atoms with Crippen molar-refractivity contribution in [3.05, 3.63) is 40.6 Å². The number of anilines is 1. The summed E-state index contributed by atoms with van der Waals surface area (Å²) in [7, 11) is 0. The molecule has 0 radical (unpaired) electrons. The molecule has 1 aromatic carbocycles. The molecule has 2 heterocycles. The molecular weight excluding hydrogens is 318 g/mol. The molecular formula is C19H23N3OS. The molecule has 2 aliphatic heterocycles. The van der Waals surface area contributed by atoms with Crippen LogP contribution >= 0.6 is 12.2 Å². The van der Waals surface area contributed by atoms with Crippen LogP contribution in [0.1, 0.15) is 44.4 Å². The van der Waals surface area contributed by atoms with Crippen LogP contribution in [0.3, 0.4) is 0 Å². The Balaban J connectivity index is 2.11. The zero-order valence-corrected chi connectivity index (χ0v) is 15.6. The average Bonchev–Trinajstić information content (AvgIpc) is 2.78. The normalized spacial score (nSPS) is 20.6. The minimum absolute atomic E-state index is 0.00264. The molecule has 126 valence electrons. The molecule has 0 spiro atoms. The number of likely N-dealkylation sites (N-methyl/N-ethyl adjacent to an activating group) is 1. The molecule has 3 rings (SSSR count). The highest BCUT2D eigenvalue weighted by Crippen LogP contribution is 2.40. The van der Waals surface area contributed by atoms with Gasteiger partial charge in [0.25, 0.3) is 5.91 Å². The van der Waals surface area contributed by atoms with E-state index in [0.29, 0.717) is 10.8 Å². The van der Waals surface area contributed by atoms with Gasteiger partial charge < -0.3 is 10.2 Å². The number of rotatable bonds is 2. The number of thiocarbonyl (C=S) groups is 1. The van der Waals surface area contributed by atoms with E-state index in [0.717, 1.165) is 17.7 Å². The first-order valence-corrected chi connectivity index (χ1v) is 8.60. The number of benzene rings is 1. The van der Waals surface area contributed by atoms with Crippen LogP contribution in [-0.4, -0.2) is 23.1 Å². The predicted molar refractivity (Wildman–Crippen MR) is 104 cm³/mol. The fraction of sp³-hybridized carbons (Fsp3) is 0.368. The maximum Gasteiger partial charge on any atom is 0.273 e. The Morgan fingerprint density at radius 3 is 2.54 bits per heavy atom. The Morgan fingerprint density at radius 2 is 1.96 bits per heavy atom. The summed E-state index contributed by atoms with van der Waals surface area (Å²) in [6.45, 7) is 11.8. The number of fused-ring (bicyclic) bond motifs is 1. The van der Waals surface area contributed by atoms with E-state index in [-0.39, 0.29) is 11.4 Å². The second-order valence-corrected chi connectivity index (χ2v) is 7.33. The highest BCUT2D eigenvalue weighted by molar-refractivity contribution is 7.80. The van der Waals surface area contributed by atoms with Gasteiger partial charge in [-0.05, 0) is 81.7 Å². The minimum Gasteiger partial charge on any atom is -0.363 e. The summed E-state index contributed by atoms with van der Waals surface area (Å²) in [5.41, 5.74) is 6.39. The van der Waals surface area contributed by atoms with Gasteiger partial charge in [0.15, 0.2) is 5.11 Å². The van der Waals surface area contributed by atoms with E-state index >= 15 is 0 Å². The Labute approximate surface area is 148 Å². The molecule has 2 N–H and O–H groups in total. The van der Waals surface area contributed by atoms with E-state index in [1.807, 2.05) is 6.08 Å². The van der Waals surface area contributed by atoms with Gasteiger partial charge in [-0.25, -0.2) is 0 Å². The Bertz CT molecular complexity index is 805. The first kappa shape index (κ1) is 16.7. The number of hydrogen-bond acceptors (Lipinski definition) is 3. The Kier molecular flexibility index (Phi) is 4.00. The number of amides is 1. The molecule has 1 saturated heterocycles. The highest BCUT2D eigenvalue weighted by Gasteiger charge is 2.30. The van der Waals surface area contributed by atoms with Crippen LogP contribution in [0.4, 0.5) is 5.69 Å². The summed E-state index contributed by atoms with van der Waals surface area (Å²) in [6.07, 6.45) is 4.17. The topological polar surface area (TPSA) is 44.4 Å². The lowest BCUT2D eigenvalue weighted by Crippen LogP contribution is -2.44. The summed E-state index contributed by atoms with van der Waals surface area (Å²) in [6, 6.07) is 4.38. The smallest absolute Gasteiger partial charge is 0.273 e. The number of aryl methyl sites for hydroxylation is 1. The lowest BCUT2D eigenvalue weighted by atomic mass is 9.87. The SMILES string of the molecule is CCN1c2cc(C)c(/C=C3\NC(=S)NC3=O)cc2C(C)=CC1(C)C. The van der Waals surface area contributed by atoms with E-state index in [9.17, 15) is 4.79 Å². The lowest BCUT2D eigenvalue weighted by molar-refractivity contribution is -0.115. The van der Waals surface area contributed by atoms with Gasteiger partial charge in [-0.1, -0.05) is 6.08 Å². The molecule has 0 bridgehead atoms. The van der Waals surface area contributed by atoms with Crippen LogP contribution in [0.15, 0.2) is 23.9 Å². The highest BCUT2D eigenvalue weighted by atomic mass is 32.1. The molecule has 0 aliphatic carbocycles. The van der Waals surface area contributed by atoms with Crippen LogP contribution in [0.5, 0.6) is 0 Å². The molecule has 0 unspecified atom stereocenters. The monoisotopic (exact) mass is 341 g/mol. The summed E-state index contributed by atoms with van der Waals surface area (Å²) in [5, 5.41) is 5.87. The third kappa shape index (κ3) is 2.73. The van der Waals surface area contributed by atoms with E-state index in [1.165, 1.54) is 16.8 Å². The van der Waals surface area contributed by atoms with Gasteiger partial charge in [-0.3, -0.25) is 10.1 Å². The molecule has 5 heteroatoms. The molecule has 4 nitrogen and oxygen atoms in total. The first-order chi connectivity index (χ1) is 11.2. The zero-order valence-electron chi connectivity index (χ0n) is 14.8. The Morgan fingerprint density at radius 1 is 1.25 bits per heavy atom. The number of nitrogens with zero attached hydrogens (tertiary/aromatic N) is 1. The lowest BCUT2D eigenvalue weighted by Gasteiger charge is -2.43. The second-order valence-electron chi connectivity index (χ2n) is 6.92. The molecule has 1 fully saturated rings. The van der Waals surface area contributed by atoms with Crippen molar-refractivity contribution in [1.82, 2.24) is 10.6 Å². The molecule has 24 heavy (non-hydrogen) atoms. The number of carbonyl (C=O) groups excluding carboxylic acids is 1. The van der Waals surface area contributed by atoms with Crippen LogP contribution in [-0.2, 0) is 4.79 Å². The third-order valence-corrected chi connectivity index (χ3v) is 4.91. The van der Waals surface area contributed by atoms with Gasteiger partial charge in [0, 0.05) is 17.8 Å². The number of hydrogen-bond donors (Lipinski definition) is 2. The van der Waals surface area contributed by atoms with Gasteiger partial charge in [0.1, 0.15) is 5.70 Å². The van der Waals surface area contributed by atoms with Crippen molar-refractivity contribution in [1.29, 1.82) is 0 Å². The average molecular weight is 341 g/mol. The summed E-state index contributed by atoms with van der Waals surface area (Å²) in [5.74, 6) is -0.180. The van der Waals surface area contributed by atoms with Gasteiger partial charge in [0.05, 0.1) is 5.54 Å². The minimum atomic E-state index is -0.180. The maximum absolute atomic E-state index is 11.9. The van der Waals surface area contributed by atoms with Gasteiger partial charge in [0.2, 0.25) is 0 Å². The van der Waals surface area contributed by atoms with Crippen molar-refractivity contribution >= 4 is 40.6 Å². The quantitative estimate of drug-likeness (QED) is 0.639. The van der Waals surface area contributed by atoms with Crippen molar-refractivity contribution in [3.63, 3.8) is 0 Å². The fourth-order valence-electron chi connectivity index (χ4n) is 3.62. The number of allylic oxidation sites excluding steroid dienone is 1. The molecule has 0 saturated carbocycles. The predicted octanol–water partition coefficient (Wildman–Crippen LogP) is 3.36. The zero-order chi connectivity index (χ0) is 17.6. The van der Waals surface area contributed by atoms with Crippen molar-refractivity contribution in [3.8, 4) is 0 Å². The van der Waals surface area contributed by atoms with Gasteiger partial charge in [-0.2, -0.15) is 0 Å². The summed E-state index contributed by atoms with van der Waals surface area (Å²) < 4.78 is 0. The van der Waals surface area contributed by atoms with Gasteiger partial charge >= 0.3 is 0 Å². The molecule has 1 aromatic rings. The van der Waals surface area contributed by atoms with E-state index in [4.69, 9.17) is 12.2 Å². The Hall–Kier alpha value is -2.14. The van der Waals surface area contributed by atoms with E-state index < -0.39 is 0 Å². The van der Waals surface area contributed by atoms with Crippen LogP contribution in [0, 0.1) is 6.92 Å². The van der Waals surface area contributed by atoms with Crippen molar-refractivity contribution < 1.29 is 4.79 Å². The standard InChI is InChI=1S/C19H23N3OS/c1-6-22-16-7-11(2)13(9-15-17(23)21-18(24)20-15)8-14(16)12(3)10-19(22,4)5/h7-10H,6H2,1-5H3,(H2,20,21,23,24)/b15-9-. The van der Waals surface area contributed by atoms with Crippen molar-refractivity contribution in [2.24, 2.45) is 0 Å². The third-order valence-electron chi connectivity index (χ3n) is 4.70. The van der Waals surface area contributed by atoms with E-state index in [1.54, 1.807) is 0 Å². The number of nitrogens with one attached hydrogen (secondary N) is 2. The molecule has 0 atom stereocenters. The molecule has 2 aliphatic rings. The second kappa shape index (κ2) is 5.74. The van der Waals surface area contributed by atoms with Crippen LogP contribution < -0.4 is 15.5 Å².